The number of carbonyl (C=O) groups excluding carboxylic acids is 2. The zero-order chi connectivity index (χ0) is 23.0. The monoisotopic (exact) mass is 433 g/mol. The van der Waals surface area contributed by atoms with Gasteiger partial charge in [-0.1, -0.05) is 48.5 Å². The van der Waals surface area contributed by atoms with Crippen molar-refractivity contribution in [3.63, 3.8) is 0 Å². The van der Waals surface area contributed by atoms with E-state index in [1.54, 1.807) is 6.07 Å². The van der Waals surface area contributed by atoms with Gasteiger partial charge >= 0.3 is 5.97 Å². The summed E-state index contributed by atoms with van der Waals surface area (Å²) in [5.74, 6) is -1.16. The maximum Gasteiger partial charge on any atom is 0.342 e. The molecule has 3 aromatic rings. The minimum absolute atomic E-state index is 0.0248. The molecule has 2 atom stereocenters. The van der Waals surface area contributed by atoms with Gasteiger partial charge in [0, 0.05) is 12.0 Å². The number of hydrogen-bond acceptors (Lipinski definition) is 5. The zero-order valence-electron chi connectivity index (χ0n) is 18.6. The van der Waals surface area contributed by atoms with Gasteiger partial charge in [0.05, 0.1) is 6.04 Å². The third-order valence-electron chi connectivity index (χ3n) is 5.73. The second-order valence-corrected chi connectivity index (χ2v) is 8.83. The Morgan fingerprint density at radius 1 is 1.06 bits per heavy atom. The molecule has 0 aliphatic carbocycles. The Balaban J connectivity index is 1.45. The number of amides is 1. The van der Waals surface area contributed by atoms with Gasteiger partial charge in [-0.05, 0) is 50.1 Å². The molecule has 0 spiro atoms. The van der Waals surface area contributed by atoms with Gasteiger partial charge in [0.2, 0.25) is 0 Å². The molecule has 166 valence electrons. The van der Waals surface area contributed by atoms with E-state index in [1.807, 2.05) is 63.2 Å². The molecule has 6 heteroatoms. The molecule has 2 N–H and O–H groups in total. The third-order valence-corrected chi connectivity index (χ3v) is 5.73. The predicted molar refractivity (Wildman–Crippen MR) is 122 cm³/mol. The maximum atomic E-state index is 12.7. The third kappa shape index (κ3) is 4.13. The van der Waals surface area contributed by atoms with Crippen molar-refractivity contribution in [1.82, 2.24) is 5.32 Å². The first-order chi connectivity index (χ1) is 15.2. The van der Waals surface area contributed by atoms with Crippen molar-refractivity contribution in [2.75, 3.05) is 0 Å². The summed E-state index contributed by atoms with van der Waals surface area (Å²) in [4.78, 5) is 25.4. The number of hydrogen-bond donors (Lipinski definition) is 2. The van der Waals surface area contributed by atoms with E-state index in [1.165, 1.54) is 13.0 Å². The Kier molecular flexibility index (Phi) is 5.55. The Bertz CT molecular complexity index is 1190. The van der Waals surface area contributed by atoms with Crippen LogP contribution in [-0.2, 0) is 16.0 Å². The van der Waals surface area contributed by atoms with Crippen LogP contribution < -0.4 is 10.1 Å². The Labute approximate surface area is 187 Å². The second-order valence-electron chi connectivity index (χ2n) is 8.83. The molecule has 0 bridgehead atoms. The first kappa shape index (κ1) is 21.7. The fourth-order valence-electron chi connectivity index (χ4n) is 4.12. The lowest BCUT2D eigenvalue weighted by Crippen LogP contribution is -2.37. The van der Waals surface area contributed by atoms with Crippen molar-refractivity contribution in [2.24, 2.45) is 0 Å². The van der Waals surface area contributed by atoms with E-state index < -0.39 is 23.6 Å². The molecule has 1 heterocycles. The van der Waals surface area contributed by atoms with Crippen LogP contribution in [0.2, 0.25) is 0 Å². The Morgan fingerprint density at radius 2 is 1.78 bits per heavy atom. The minimum atomic E-state index is -1.04. The van der Waals surface area contributed by atoms with Gasteiger partial charge in [-0.25, -0.2) is 4.79 Å². The van der Waals surface area contributed by atoms with Gasteiger partial charge in [0.25, 0.3) is 5.91 Å². The zero-order valence-corrected chi connectivity index (χ0v) is 18.6. The van der Waals surface area contributed by atoms with Crippen LogP contribution >= 0.6 is 0 Å². The number of phenols is 1. The van der Waals surface area contributed by atoms with Gasteiger partial charge in [-0.3, -0.25) is 4.79 Å². The first-order valence-corrected chi connectivity index (χ1v) is 10.7. The van der Waals surface area contributed by atoms with Gasteiger partial charge in [0.1, 0.15) is 11.2 Å². The normalized spacial score (nSPS) is 16.0. The summed E-state index contributed by atoms with van der Waals surface area (Å²) in [6.07, 6.45) is -0.402. The average molecular weight is 434 g/mol. The molecule has 0 saturated heterocycles. The maximum absolute atomic E-state index is 12.7. The summed E-state index contributed by atoms with van der Waals surface area (Å²) in [6, 6.07) is 16.9. The molecule has 3 aromatic carbocycles. The standard InChI is InChI=1S/C26H27NO5/c1-15(19-11-7-9-17-8-5-6-10-20(17)19)27-24(29)16(2)31-25(30)21-13-12-18-14-26(3,4)32-23(18)22(21)28/h5-13,15-16,28H,14H2,1-4H3,(H,27,29). The lowest BCUT2D eigenvalue weighted by Gasteiger charge is -2.20. The van der Waals surface area contributed by atoms with E-state index in [0.29, 0.717) is 12.2 Å². The number of phenolic OH excluding ortho intramolecular Hbond substituents is 1. The number of ether oxygens (including phenoxy) is 2. The van der Waals surface area contributed by atoms with E-state index in [2.05, 4.69) is 5.32 Å². The van der Waals surface area contributed by atoms with Crippen LogP contribution in [0.15, 0.2) is 54.6 Å². The highest BCUT2D eigenvalue weighted by atomic mass is 16.5. The quantitative estimate of drug-likeness (QED) is 0.571. The average Bonchev–Trinajstić information content (AvgIpc) is 3.08. The highest BCUT2D eigenvalue weighted by molar-refractivity contribution is 5.96. The second kappa shape index (κ2) is 8.19. The molecule has 6 nitrogen and oxygen atoms in total. The molecule has 0 radical (unpaired) electrons. The number of esters is 1. The molecule has 1 aliphatic heterocycles. The van der Waals surface area contributed by atoms with Crippen LogP contribution in [0.1, 0.15) is 55.2 Å². The van der Waals surface area contributed by atoms with Gasteiger partial charge in [0.15, 0.2) is 17.6 Å². The van der Waals surface area contributed by atoms with Crippen LogP contribution in [0.4, 0.5) is 0 Å². The number of fused-ring (bicyclic) bond motifs is 2. The van der Waals surface area contributed by atoms with Gasteiger partial charge in [-0.15, -0.1) is 0 Å². The molecular weight excluding hydrogens is 406 g/mol. The van der Waals surface area contributed by atoms with E-state index >= 15 is 0 Å². The summed E-state index contributed by atoms with van der Waals surface area (Å²) in [6.45, 7) is 7.22. The molecule has 0 fully saturated rings. The van der Waals surface area contributed by atoms with Gasteiger partial charge < -0.3 is 19.9 Å². The number of rotatable bonds is 5. The molecule has 0 saturated carbocycles. The highest BCUT2D eigenvalue weighted by Gasteiger charge is 2.34. The van der Waals surface area contributed by atoms with Crippen molar-refractivity contribution in [1.29, 1.82) is 0 Å². The lowest BCUT2D eigenvalue weighted by atomic mass is 9.99. The van der Waals surface area contributed by atoms with Crippen LogP contribution in [0.3, 0.4) is 0 Å². The summed E-state index contributed by atoms with van der Waals surface area (Å²) in [7, 11) is 0. The van der Waals surface area contributed by atoms with Gasteiger partial charge in [-0.2, -0.15) is 0 Å². The summed E-state index contributed by atoms with van der Waals surface area (Å²) in [5, 5.41) is 15.6. The molecule has 4 rings (SSSR count). The number of carbonyl (C=O) groups is 2. The summed E-state index contributed by atoms with van der Waals surface area (Å²) in [5.41, 5.74) is 1.33. The number of benzene rings is 3. The molecule has 1 amide bonds. The molecule has 2 unspecified atom stereocenters. The molecular formula is C26H27NO5. The minimum Gasteiger partial charge on any atom is -0.504 e. The molecule has 32 heavy (non-hydrogen) atoms. The Hall–Kier alpha value is -3.54. The van der Waals surface area contributed by atoms with Crippen LogP contribution in [0.25, 0.3) is 10.8 Å². The van der Waals surface area contributed by atoms with E-state index in [9.17, 15) is 14.7 Å². The smallest absolute Gasteiger partial charge is 0.342 e. The fraction of sp³-hybridized carbons (Fsp3) is 0.308. The van der Waals surface area contributed by atoms with E-state index in [0.717, 1.165) is 21.9 Å². The summed E-state index contributed by atoms with van der Waals surface area (Å²) < 4.78 is 11.1. The highest BCUT2D eigenvalue weighted by Crippen LogP contribution is 2.43. The van der Waals surface area contributed by atoms with Crippen LogP contribution in [0, 0.1) is 0 Å². The molecule has 0 aromatic heterocycles. The van der Waals surface area contributed by atoms with Crippen molar-refractivity contribution < 1.29 is 24.2 Å². The fourth-order valence-corrected chi connectivity index (χ4v) is 4.12. The number of nitrogens with one attached hydrogen (secondary N) is 1. The molecule has 1 aliphatic rings. The topological polar surface area (TPSA) is 84.9 Å². The van der Waals surface area contributed by atoms with Crippen molar-refractivity contribution in [3.8, 4) is 11.5 Å². The Morgan fingerprint density at radius 3 is 2.56 bits per heavy atom. The SMILES string of the molecule is CC(OC(=O)c1ccc2c(c1O)OC(C)(C)C2)C(=O)NC(C)c1cccc2ccccc12. The number of aromatic hydroxyl groups is 1. The van der Waals surface area contributed by atoms with E-state index in [-0.39, 0.29) is 17.4 Å². The van der Waals surface area contributed by atoms with Crippen LogP contribution in [0.5, 0.6) is 11.5 Å². The predicted octanol–water partition coefficient (Wildman–Crippen LogP) is 4.68. The van der Waals surface area contributed by atoms with E-state index in [4.69, 9.17) is 9.47 Å². The van der Waals surface area contributed by atoms with Crippen molar-refractivity contribution in [3.05, 3.63) is 71.3 Å². The van der Waals surface area contributed by atoms with Crippen LogP contribution in [-0.4, -0.2) is 28.7 Å². The summed E-state index contributed by atoms with van der Waals surface area (Å²) >= 11 is 0. The van der Waals surface area contributed by atoms with Crippen molar-refractivity contribution >= 4 is 22.6 Å². The van der Waals surface area contributed by atoms with Crippen molar-refractivity contribution in [2.45, 2.75) is 51.9 Å². The first-order valence-electron chi connectivity index (χ1n) is 10.7. The largest absolute Gasteiger partial charge is 0.504 e. The lowest BCUT2D eigenvalue weighted by molar-refractivity contribution is -0.129.